The van der Waals surface area contributed by atoms with Crippen molar-refractivity contribution >= 4 is 33.2 Å². The topological polar surface area (TPSA) is 86.3 Å². The van der Waals surface area contributed by atoms with Gasteiger partial charge in [0.1, 0.15) is 11.3 Å². The van der Waals surface area contributed by atoms with Gasteiger partial charge in [0.15, 0.2) is 18.1 Å². The van der Waals surface area contributed by atoms with E-state index in [-0.39, 0.29) is 29.6 Å². The number of alkyl halides is 3. The first-order valence-electron chi connectivity index (χ1n) is 11.9. The minimum absolute atomic E-state index is 0.0811. The number of amides is 1. The van der Waals surface area contributed by atoms with Crippen LogP contribution in [0.1, 0.15) is 41.4 Å². The molecular weight excluding hydrogens is 577 g/mol. The van der Waals surface area contributed by atoms with Crippen molar-refractivity contribution in [3.63, 3.8) is 0 Å². The smallest absolute Gasteiger partial charge is 0.433 e. The van der Waals surface area contributed by atoms with Gasteiger partial charge in [-0.2, -0.15) is 23.4 Å². The van der Waals surface area contributed by atoms with Crippen molar-refractivity contribution in [2.45, 2.75) is 32.7 Å². The van der Waals surface area contributed by atoms with Gasteiger partial charge < -0.3 is 10.1 Å². The summed E-state index contributed by atoms with van der Waals surface area (Å²) in [4.78, 5) is 17.5. The van der Waals surface area contributed by atoms with Gasteiger partial charge >= 0.3 is 6.18 Å². The normalized spacial score (nSPS) is 11.8. The first-order chi connectivity index (χ1) is 18.6. The molecule has 5 rings (SSSR count). The second-order valence-corrected chi connectivity index (χ2v) is 9.96. The summed E-state index contributed by atoms with van der Waals surface area (Å²) in [6.45, 7) is 4.14. The molecule has 200 valence electrons. The Balaban J connectivity index is 1.41. The van der Waals surface area contributed by atoms with Gasteiger partial charge in [0.2, 0.25) is 0 Å². The Morgan fingerprint density at radius 2 is 1.77 bits per heavy atom. The maximum atomic E-state index is 13.9. The monoisotopic (exact) mass is 598 g/mol. The lowest BCUT2D eigenvalue weighted by molar-refractivity contribution is -0.142. The number of aromatic nitrogens is 5. The third kappa shape index (κ3) is 5.80. The SMILES string of the molecule is CC(C)c1ccc(-c2cc(C(F)(F)F)n3ncc(C(=O)Nc4cnn(COc5ccc(Br)cc5)c4)c3n2)cc1. The molecule has 2 aromatic carbocycles. The van der Waals surface area contributed by atoms with Crippen molar-refractivity contribution in [3.8, 4) is 17.0 Å². The molecule has 0 aliphatic rings. The number of hydrogen-bond donors (Lipinski definition) is 1. The first-order valence-corrected chi connectivity index (χ1v) is 12.7. The van der Waals surface area contributed by atoms with E-state index in [9.17, 15) is 18.0 Å². The lowest BCUT2D eigenvalue weighted by Gasteiger charge is -2.12. The molecular formula is C27H22BrF3N6O2. The van der Waals surface area contributed by atoms with E-state index in [2.05, 4.69) is 36.4 Å². The molecule has 0 aliphatic heterocycles. The highest BCUT2D eigenvalue weighted by Gasteiger charge is 2.36. The molecule has 39 heavy (non-hydrogen) atoms. The van der Waals surface area contributed by atoms with Crippen LogP contribution in [0.5, 0.6) is 5.75 Å². The number of hydrogen-bond acceptors (Lipinski definition) is 5. The van der Waals surface area contributed by atoms with Crippen LogP contribution in [0.15, 0.2) is 77.7 Å². The van der Waals surface area contributed by atoms with Crippen molar-refractivity contribution in [3.05, 3.63) is 94.5 Å². The highest BCUT2D eigenvalue weighted by atomic mass is 79.9. The molecule has 0 bridgehead atoms. The van der Waals surface area contributed by atoms with Gasteiger partial charge in [-0.1, -0.05) is 54.0 Å². The number of nitrogens with zero attached hydrogens (tertiary/aromatic N) is 5. The first kappa shape index (κ1) is 26.4. The quantitative estimate of drug-likeness (QED) is 0.223. The number of rotatable bonds is 7. The fourth-order valence-electron chi connectivity index (χ4n) is 3.88. The molecule has 0 atom stereocenters. The summed E-state index contributed by atoms with van der Waals surface area (Å²) in [5.74, 6) is 0.222. The summed E-state index contributed by atoms with van der Waals surface area (Å²) >= 11 is 3.36. The Morgan fingerprint density at radius 3 is 2.44 bits per heavy atom. The summed E-state index contributed by atoms with van der Waals surface area (Å²) in [5.41, 5.74) is 0.589. The molecule has 0 aliphatic carbocycles. The van der Waals surface area contributed by atoms with Gasteiger partial charge in [-0.15, -0.1) is 0 Å². The maximum absolute atomic E-state index is 13.9. The third-order valence-corrected chi connectivity index (χ3v) is 6.48. The number of anilines is 1. The van der Waals surface area contributed by atoms with Crippen molar-refractivity contribution in [1.29, 1.82) is 0 Å². The van der Waals surface area contributed by atoms with E-state index < -0.39 is 17.8 Å². The standard InChI is InChI=1S/C27H22BrF3N6O2/c1-16(2)17-3-5-18(6-4-17)23-11-24(27(29,30)31)37-25(35-23)22(13-33-37)26(38)34-20-12-32-36(14-20)15-39-21-9-7-19(28)8-10-21/h3-14,16H,15H2,1-2H3,(H,34,38). The number of benzene rings is 2. The summed E-state index contributed by atoms with van der Waals surface area (Å²) in [6, 6.07) is 15.3. The van der Waals surface area contributed by atoms with Crippen molar-refractivity contribution < 1.29 is 22.7 Å². The summed E-state index contributed by atoms with van der Waals surface area (Å²) in [7, 11) is 0. The van der Waals surface area contributed by atoms with E-state index in [0.29, 0.717) is 21.5 Å². The minimum atomic E-state index is -4.72. The fourth-order valence-corrected chi connectivity index (χ4v) is 4.14. The van der Waals surface area contributed by atoms with Gasteiger partial charge in [0.05, 0.1) is 30.0 Å². The third-order valence-electron chi connectivity index (χ3n) is 5.95. The van der Waals surface area contributed by atoms with Crippen molar-refractivity contribution in [1.82, 2.24) is 24.4 Å². The van der Waals surface area contributed by atoms with E-state index in [4.69, 9.17) is 4.74 Å². The van der Waals surface area contributed by atoms with Gasteiger partial charge in [-0.3, -0.25) is 4.79 Å². The summed E-state index contributed by atoms with van der Waals surface area (Å²) in [6.07, 6.45) is -0.702. The Hall–Kier alpha value is -4.19. The van der Waals surface area contributed by atoms with Crippen LogP contribution in [-0.2, 0) is 12.9 Å². The number of halogens is 4. The van der Waals surface area contributed by atoms with Gasteiger partial charge in [-0.25, -0.2) is 14.2 Å². The maximum Gasteiger partial charge on any atom is 0.433 e. The molecule has 5 aromatic rings. The molecule has 0 unspecified atom stereocenters. The van der Waals surface area contributed by atoms with E-state index >= 15 is 0 Å². The number of carbonyl (C=O) groups excluding carboxylic acids is 1. The van der Waals surface area contributed by atoms with E-state index in [1.54, 1.807) is 30.5 Å². The fraction of sp³-hybridized carbons (Fsp3) is 0.185. The molecule has 8 nitrogen and oxygen atoms in total. The van der Waals surface area contributed by atoms with Crippen LogP contribution < -0.4 is 10.1 Å². The van der Waals surface area contributed by atoms with E-state index in [1.165, 1.54) is 10.9 Å². The van der Waals surface area contributed by atoms with E-state index in [1.807, 2.05) is 38.1 Å². The Kier molecular flexibility index (Phi) is 7.13. The Bertz CT molecular complexity index is 1630. The molecule has 3 heterocycles. The van der Waals surface area contributed by atoms with Gasteiger partial charge in [-0.05, 0) is 41.8 Å². The molecule has 0 saturated heterocycles. The van der Waals surface area contributed by atoms with Crippen LogP contribution in [0.3, 0.4) is 0 Å². The zero-order valence-corrected chi connectivity index (χ0v) is 22.4. The predicted molar refractivity (Wildman–Crippen MR) is 142 cm³/mol. The second-order valence-electron chi connectivity index (χ2n) is 9.04. The van der Waals surface area contributed by atoms with Crippen LogP contribution in [0.2, 0.25) is 0 Å². The van der Waals surface area contributed by atoms with Crippen molar-refractivity contribution in [2.75, 3.05) is 5.32 Å². The molecule has 1 amide bonds. The van der Waals surface area contributed by atoms with Crippen LogP contribution in [-0.4, -0.2) is 30.3 Å². The predicted octanol–water partition coefficient (Wildman–Crippen LogP) is 6.79. The highest BCUT2D eigenvalue weighted by molar-refractivity contribution is 9.10. The zero-order valence-electron chi connectivity index (χ0n) is 20.8. The number of nitrogens with one attached hydrogen (secondary N) is 1. The Labute approximate surface area is 229 Å². The minimum Gasteiger partial charge on any atom is -0.471 e. The van der Waals surface area contributed by atoms with E-state index in [0.717, 1.165) is 22.3 Å². The molecule has 3 aromatic heterocycles. The molecule has 0 spiro atoms. The lowest BCUT2D eigenvalue weighted by atomic mass is 10.0. The lowest BCUT2D eigenvalue weighted by Crippen LogP contribution is -2.15. The van der Waals surface area contributed by atoms with Crippen molar-refractivity contribution in [2.24, 2.45) is 0 Å². The molecule has 0 saturated carbocycles. The largest absolute Gasteiger partial charge is 0.471 e. The molecule has 12 heteroatoms. The van der Waals surface area contributed by atoms with Crippen LogP contribution in [0.25, 0.3) is 16.9 Å². The highest BCUT2D eigenvalue weighted by Crippen LogP contribution is 2.33. The second kappa shape index (κ2) is 10.5. The average molecular weight is 599 g/mol. The van der Waals surface area contributed by atoms with Crippen LogP contribution in [0, 0.1) is 0 Å². The molecule has 0 fully saturated rings. The number of carbonyl (C=O) groups is 1. The molecule has 0 radical (unpaired) electrons. The van der Waals surface area contributed by atoms with Gasteiger partial charge in [0, 0.05) is 10.0 Å². The summed E-state index contributed by atoms with van der Waals surface area (Å²) in [5, 5.41) is 10.6. The zero-order chi connectivity index (χ0) is 27.7. The van der Waals surface area contributed by atoms with Gasteiger partial charge in [0.25, 0.3) is 5.91 Å². The van der Waals surface area contributed by atoms with Crippen LogP contribution >= 0.6 is 15.9 Å². The number of ether oxygens (including phenoxy) is 1. The molecule has 1 N–H and O–H groups in total. The van der Waals surface area contributed by atoms with Crippen LogP contribution in [0.4, 0.5) is 18.9 Å². The Morgan fingerprint density at radius 1 is 1.05 bits per heavy atom. The summed E-state index contributed by atoms with van der Waals surface area (Å²) < 4.78 is 50.5. The average Bonchev–Trinajstić information content (AvgIpc) is 3.54. The number of fused-ring (bicyclic) bond motifs is 1.